The summed E-state index contributed by atoms with van der Waals surface area (Å²) in [5.74, 6) is 1.35. The first kappa shape index (κ1) is 24.0. The summed E-state index contributed by atoms with van der Waals surface area (Å²) in [7, 11) is 1.86. The molecule has 3 fully saturated rings. The first-order valence-electron chi connectivity index (χ1n) is 13.9. The summed E-state index contributed by atoms with van der Waals surface area (Å²) in [6, 6.07) is 9.66. The Morgan fingerprint density at radius 1 is 1.03 bits per heavy atom. The van der Waals surface area contributed by atoms with Gasteiger partial charge in [0.25, 0.3) is 0 Å². The van der Waals surface area contributed by atoms with Crippen LogP contribution in [0.15, 0.2) is 24.3 Å². The summed E-state index contributed by atoms with van der Waals surface area (Å²) in [6.07, 6.45) is 10.5. The van der Waals surface area contributed by atoms with E-state index in [0.29, 0.717) is 30.3 Å². The van der Waals surface area contributed by atoms with Crippen molar-refractivity contribution in [2.75, 3.05) is 26.7 Å². The normalized spacial score (nSPS) is 27.5. The van der Waals surface area contributed by atoms with Gasteiger partial charge in [-0.3, -0.25) is 14.5 Å². The van der Waals surface area contributed by atoms with Crippen LogP contribution in [0.3, 0.4) is 0 Å². The van der Waals surface area contributed by atoms with Crippen LogP contribution >= 0.6 is 0 Å². The van der Waals surface area contributed by atoms with Crippen LogP contribution in [-0.4, -0.2) is 66.3 Å². The van der Waals surface area contributed by atoms with E-state index in [0.717, 1.165) is 58.2 Å². The zero-order valence-corrected chi connectivity index (χ0v) is 21.2. The Labute approximate surface area is 205 Å². The molecule has 2 saturated heterocycles. The standard InChI is InChI=1S/C29H43N3O2/c1-3-26(30-2)28(33)17-25(20-9-5-4-6-10-20)29(34)32-14-13-23-18-31(19-27(23)32)24-15-21-11-7-8-12-22(21)16-24/h7-8,11-12,20,23-27,30H,3-6,9-10,13-19H2,1-2H3/t23-,25-,26-,27+/m0/s1. The van der Waals surface area contributed by atoms with Crippen molar-refractivity contribution in [2.24, 2.45) is 17.8 Å². The van der Waals surface area contributed by atoms with E-state index in [1.807, 2.05) is 7.05 Å². The Kier molecular flexibility index (Phi) is 7.41. The minimum atomic E-state index is -0.129. The molecular formula is C29H43N3O2. The Bertz CT molecular complexity index is 851. The lowest BCUT2D eigenvalue weighted by atomic mass is 9.76. The Morgan fingerprint density at radius 2 is 1.74 bits per heavy atom. The van der Waals surface area contributed by atoms with Crippen molar-refractivity contribution in [1.82, 2.24) is 15.1 Å². The first-order valence-corrected chi connectivity index (χ1v) is 13.9. The molecule has 1 saturated carbocycles. The predicted octanol–water partition coefficient (Wildman–Crippen LogP) is 3.84. The van der Waals surface area contributed by atoms with Gasteiger partial charge in [0.1, 0.15) is 0 Å². The number of amides is 1. The second kappa shape index (κ2) is 10.5. The minimum Gasteiger partial charge on any atom is -0.338 e. The average molecular weight is 466 g/mol. The maximum Gasteiger partial charge on any atom is 0.226 e. The second-order valence-corrected chi connectivity index (χ2v) is 11.4. The summed E-state index contributed by atoms with van der Waals surface area (Å²) in [5.41, 5.74) is 3.01. The van der Waals surface area contributed by atoms with Crippen LogP contribution in [0.4, 0.5) is 0 Å². The topological polar surface area (TPSA) is 52.7 Å². The maximum atomic E-state index is 14.1. The van der Waals surface area contributed by atoms with E-state index >= 15 is 0 Å². The SMILES string of the molecule is CC[C@H](NC)C(=O)C[C@H](C(=O)N1CC[C@H]2CN(C3Cc4ccccc4C3)C[C@H]21)C1CCCCC1. The van der Waals surface area contributed by atoms with Gasteiger partial charge in [0.05, 0.1) is 6.04 Å². The molecule has 2 aliphatic carbocycles. The van der Waals surface area contributed by atoms with Gasteiger partial charge in [-0.1, -0.05) is 50.5 Å². The zero-order valence-electron chi connectivity index (χ0n) is 21.2. The molecule has 0 bridgehead atoms. The summed E-state index contributed by atoms with van der Waals surface area (Å²) < 4.78 is 0. The van der Waals surface area contributed by atoms with Crippen molar-refractivity contribution in [2.45, 2.75) is 89.3 Å². The summed E-state index contributed by atoms with van der Waals surface area (Å²) in [5, 5.41) is 3.17. The van der Waals surface area contributed by atoms with Gasteiger partial charge in [-0.15, -0.1) is 0 Å². The van der Waals surface area contributed by atoms with E-state index in [4.69, 9.17) is 0 Å². The van der Waals surface area contributed by atoms with Crippen molar-refractivity contribution in [3.8, 4) is 0 Å². The summed E-state index contributed by atoms with van der Waals surface area (Å²) in [6.45, 7) is 5.07. The molecule has 5 heteroatoms. The van der Waals surface area contributed by atoms with E-state index < -0.39 is 0 Å². The minimum absolute atomic E-state index is 0.126. The number of hydrogen-bond acceptors (Lipinski definition) is 4. The molecule has 5 nitrogen and oxygen atoms in total. The van der Waals surface area contributed by atoms with Crippen LogP contribution in [0.2, 0.25) is 0 Å². The number of carbonyl (C=O) groups is 2. The van der Waals surface area contributed by atoms with E-state index in [9.17, 15) is 9.59 Å². The highest BCUT2D eigenvalue weighted by Crippen LogP contribution is 2.39. The number of ketones is 1. The first-order chi connectivity index (χ1) is 16.6. The van der Waals surface area contributed by atoms with Crippen LogP contribution < -0.4 is 5.32 Å². The molecule has 1 N–H and O–H groups in total. The molecule has 0 radical (unpaired) electrons. The lowest BCUT2D eigenvalue weighted by molar-refractivity contribution is -0.141. The molecule has 2 heterocycles. The predicted molar refractivity (Wildman–Crippen MR) is 136 cm³/mol. The summed E-state index contributed by atoms with van der Waals surface area (Å²) >= 11 is 0. The molecule has 0 spiro atoms. The number of hydrogen-bond donors (Lipinski definition) is 1. The van der Waals surface area contributed by atoms with Crippen molar-refractivity contribution < 1.29 is 9.59 Å². The molecule has 0 aromatic heterocycles. The van der Waals surface area contributed by atoms with Gasteiger partial charge in [-0.2, -0.15) is 0 Å². The fourth-order valence-electron chi connectivity index (χ4n) is 7.52. The van der Waals surface area contributed by atoms with Crippen LogP contribution in [0.25, 0.3) is 0 Å². The van der Waals surface area contributed by atoms with Gasteiger partial charge in [0, 0.05) is 44.1 Å². The summed E-state index contributed by atoms with van der Waals surface area (Å²) in [4.78, 5) is 32.1. The Balaban J connectivity index is 1.27. The third-order valence-corrected chi connectivity index (χ3v) is 9.51. The number of nitrogens with zero attached hydrogens (tertiary/aromatic N) is 2. The molecule has 2 aliphatic heterocycles. The molecule has 5 rings (SSSR count). The van der Waals surface area contributed by atoms with Crippen LogP contribution in [0.5, 0.6) is 0 Å². The van der Waals surface area contributed by atoms with E-state index in [1.165, 1.54) is 30.4 Å². The maximum absolute atomic E-state index is 14.1. The molecule has 34 heavy (non-hydrogen) atoms. The third-order valence-electron chi connectivity index (χ3n) is 9.51. The van der Waals surface area contributed by atoms with E-state index in [-0.39, 0.29) is 23.7 Å². The number of likely N-dealkylation sites (tertiary alicyclic amines) is 2. The second-order valence-electron chi connectivity index (χ2n) is 11.4. The molecule has 1 aromatic rings. The van der Waals surface area contributed by atoms with Crippen molar-refractivity contribution >= 4 is 11.7 Å². The van der Waals surface area contributed by atoms with Gasteiger partial charge in [-0.05, 0) is 68.5 Å². The van der Waals surface area contributed by atoms with E-state index in [1.54, 1.807) is 0 Å². The highest BCUT2D eigenvalue weighted by Gasteiger charge is 2.47. The fraction of sp³-hybridized carbons (Fsp3) is 0.724. The highest BCUT2D eigenvalue weighted by atomic mass is 16.2. The molecule has 1 aromatic carbocycles. The lowest BCUT2D eigenvalue weighted by Gasteiger charge is -2.35. The van der Waals surface area contributed by atoms with Crippen molar-refractivity contribution in [3.05, 3.63) is 35.4 Å². The lowest BCUT2D eigenvalue weighted by Crippen LogP contribution is -2.47. The molecule has 4 aliphatic rings. The average Bonchev–Trinajstić information content (AvgIpc) is 3.57. The van der Waals surface area contributed by atoms with Gasteiger partial charge in [0.15, 0.2) is 5.78 Å². The van der Waals surface area contributed by atoms with Crippen molar-refractivity contribution in [1.29, 1.82) is 0 Å². The molecule has 0 unspecified atom stereocenters. The van der Waals surface area contributed by atoms with Crippen LogP contribution in [-0.2, 0) is 22.4 Å². The molecular weight excluding hydrogens is 422 g/mol. The van der Waals surface area contributed by atoms with Crippen molar-refractivity contribution in [3.63, 3.8) is 0 Å². The largest absolute Gasteiger partial charge is 0.338 e. The number of Topliss-reactive ketones (excluding diaryl/α,β-unsaturated/α-hetero) is 1. The number of nitrogens with one attached hydrogen (secondary N) is 1. The molecule has 1 amide bonds. The number of rotatable bonds is 8. The molecule has 186 valence electrons. The van der Waals surface area contributed by atoms with Gasteiger partial charge in [0.2, 0.25) is 5.91 Å². The highest BCUT2D eigenvalue weighted by molar-refractivity contribution is 5.90. The Hall–Kier alpha value is -1.72. The van der Waals surface area contributed by atoms with Gasteiger partial charge < -0.3 is 10.2 Å². The van der Waals surface area contributed by atoms with Crippen LogP contribution in [0.1, 0.15) is 69.4 Å². The van der Waals surface area contributed by atoms with Gasteiger partial charge >= 0.3 is 0 Å². The van der Waals surface area contributed by atoms with Gasteiger partial charge in [-0.25, -0.2) is 0 Å². The smallest absolute Gasteiger partial charge is 0.226 e. The quantitative estimate of drug-likeness (QED) is 0.634. The monoisotopic (exact) mass is 465 g/mol. The third kappa shape index (κ3) is 4.70. The fourth-order valence-corrected chi connectivity index (χ4v) is 7.52. The van der Waals surface area contributed by atoms with E-state index in [2.05, 4.69) is 46.3 Å². The van der Waals surface area contributed by atoms with Crippen LogP contribution in [0, 0.1) is 17.8 Å². The zero-order chi connectivity index (χ0) is 23.7. The number of carbonyl (C=O) groups excluding carboxylic acids is 2. The number of benzene rings is 1. The number of likely N-dealkylation sites (N-methyl/N-ethyl adjacent to an activating group) is 1. The number of fused-ring (bicyclic) bond motifs is 2. The Morgan fingerprint density at radius 3 is 2.38 bits per heavy atom. The molecule has 4 atom stereocenters.